The van der Waals surface area contributed by atoms with E-state index >= 15 is 0 Å². The molecule has 0 aliphatic carbocycles. The predicted molar refractivity (Wildman–Crippen MR) is 203 cm³/mol. The third-order valence-electron chi connectivity index (χ3n) is 9.78. The Morgan fingerprint density at radius 2 is 1.14 bits per heavy atom. The van der Waals surface area contributed by atoms with Crippen molar-refractivity contribution in [3.63, 3.8) is 0 Å². The van der Waals surface area contributed by atoms with Gasteiger partial charge in [-0.05, 0) is 32.1 Å². The number of allylic oxidation sites excluding steroid dienone is 3. The largest absolute Gasteiger partial charge is 0.394 e. The summed E-state index contributed by atoms with van der Waals surface area (Å²) in [6.45, 7) is 3.73. The molecule has 1 aliphatic heterocycles. The fraction of sp³-hybridized carbons (Fsp3) is 0.878. The van der Waals surface area contributed by atoms with Crippen molar-refractivity contribution >= 4 is 5.91 Å². The van der Waals surface area contributed by atoms with Crippen molar-refractivity contribution in [1.29, 1.82) is 0 Å². The zero-order chi connectivity index (χ0) is 36.7. The molecule has 0 aromatic heterocycles. The predicted octanol–water partition coefficient (Wildman–Crippen LogP) is 7.55. The Morgan fingerprint density at radius 3 is 1.68 bits per heavy atom. The van der Waals surface area contributed by atoms with Gasteiger partial charge < -0.3 is 40.3 Å². The summed E-state index contributed by atoms with van der Waals surface area (Å²) in [5.74, 6) is -0.189. The normalized spacial score (nSPS) is 22.4. The molecule has 0 spiro atoms. The monoisotopic (exact) mass is 712 g/mol. The highest BCUT2D eigenvalue weighted by molar-refractivity contribution is 5.76. The van der Waals surface area contributed by atoms with Crippen LogP contribution in [-0.4, -0.2) is 87.5 Å². The fourth-order valence-corrected chi connectivity index (χ4v) is 6.41. The van der Waals surface area contributed by atoms with Crippen molar-refractivity contribution in [2.75, 3.05) is 13.2 Å². The van der Waals surface area contributed by atoms with Crippen LogP contribution in [0.15, 0.2) is 24.3 Å². The van der Waals surface area contributed by atoms with Crippen molar-refractivity contribution < 1.29 is 39.8 Å². The molecule has 1 rings (SSSR count). The third kappa shape index (κ3) is 23.3. The van der Waals surface area contributed by atoms with E-state index in [1.54, 1.807) is 6.08 Å². The van der Waals surface area contributed by atoms with Crippen LogP contribution in [0.5, 0.6) is 0 Å². The second-order valence-electron chi connectivity index (χ2n) is 14.4. The number of amides is 1. The average molecular weight is 712 g/mol. The van der Waals surface area contributed by atoms with Crippen LogP contribution >= 0.6 is 0 Å². The van der Waals surface area contributed by atoms with Gasteiger partial charge in [0.25, 0.3) is 0 Å². The minimum Gasteiger partial charge on any atom is -0.394 e. The summed E-state index contributed by atoms with van der Waals surface area (Å²) < 4.78 is 11.2. The molecule has 1 fully saturated rings. The van der Waals surface area contributed by atoms with E-state index < -0.39 is 49.5 Å². The van der Waals surface area contributed by atoms with Crippen molar-refractivity contribution in [2.45, 2.75) is 217 Å². The van der Waals surface area contributed by atoms with Gasteiger partial charge in [-0.25, -0.2) is 0 Å². The van der Waals surface area contributed by atoms with Crippen LogP contribution in [-0.2, 0) is 14.3 Å². The van der Waals surface area contributed by atoms with E-state index in [0.717, 1.165) is 38.5 Å². The standard InChI is InChI=1S/C41H77NO8/c1-3-5-7-9-11-13-15-16-17-18-19-21-22-24-26-28-30-35(44)34(33-49-41-40(48)39(47)38(46)36(32-43)50-41)42-37(45)31-29-27-25-23-20-14-12-10-8-6-4-2/h21-22,28,30,34-36,38-41,43-44,46-48H,3-20,23-27,29,31-33H2,1-2H3,(H,42,45)/b22-21+,30-28+. The maximum absolute atomic E-state index is 12.9. The van der Waals surface area contributed by atoms with Crippen LogP contribution < -0.4 is 5.32 Å². The van der Waals surface area contributed by atoms with Crippen molar-refractivity contribution in [3.8, 4) is 0 Å². The number of nitrogens with one attached hydrogen (secondary N) is 1. The van der Waals surface area contributed by atoms with Gasteiger partial charge in [0.2, 0.25) is 5.91 Å². The SMILES string of the molecule is CCCCCCCCCCCC/C=C/CC/C=C/C(O)C(COC1OC(CO)C(O)C(O)C1O)NC(=O)CCCCCCCCCCCCC. The van der Waals surface area contributed by atoms with Crippen LogP contribution in [0.2, 0.25) is 0 Å². The first-order valence-corrected chi connectivity index (χ1v) is 20.6. The highest BCUT2D eigenvalue weighted by Gasteiger charge is 2.44. The van der Waals surface area contributed by atoms with Crippen molar-refractivity contribution in [1.82, 2.24) is 5.32 Å². The lowest BCUT2D eigenvalue weighted by Crippen LogP contribution is -2.60. The lowest BCUT2D eigenvalue weighted by molar-refractivity contribution is -0.302. The Kier molecular flexibility index (Phi) is 30.2. The summed E-state index contributed by atoms with van der Waals surface area (Å²) in [6, 6.07) is -0.814. The summed E-state index contributed by atoms with van der Waals surface area (Å²) in [4.78, 5) is 12.9. The van der Waals surface area contributed by atoms with Crippen LogP contribution in [0, 0.1) is 0 Å². The third-order valence-corrected chi connectivity index (χ3v) is 9.78. The Labute approximate surface area is 305 Å². The molecule has 7 unspecified atom stereocenters. The molecule has 294 valence electrons. The van der Waals surface area contributed by atoms with Crippen molar-refractivity contribution in [2.24, 2.45) is 0 Å². The number of ether oxygens (including phenoxy) is 2. The number of unbranched alkanes of at least 4 members (excludes halogenated alkanes) is 21. The highest BCUT2D eigenvalue weighted by Crippen LogP contribution is 2.22. The fourth-order valence-electron chi connectivity index (χ4n) is 6.41. The van der Waals surface area contributed by atoms with Crippen LogP contribution in [0.4, 0.5) is 0 Å². The van der Waals surface area contributed by atoms with E-state index in [-0.39, 0.29) is 12.5 Å². The molecule has 9 heteroatoms. The summed E-state index contributed by atoms with van der Waals surface area (Å²) >= 11 is 0. The summed E-state index contributed by atoms with van der Waals surface area (Å²) in [7, 11) is 0. The zero-order valence-electron chi connectivity index (χ0n) is 31.9. The van der Waals surface area contributed by atoms with E-state index in [9.17, 15) is 30.3 Å². The molecule has 1 heterocycles. The molecule has 0 radical (unpaired) electrons. The van der Waals surface area contributed by atoms with Gasteiger partial charge in [0.15, 0.2) is 6.29 Å². The van der Waals surface area contributed by atoms with Crippen LogP contribution in [0.3, 0.4) is 0 Å². The number of hydrogen-bond acceptors (Lipinski definition) is 8. The zero-order valence-corrected chi connectivity index (χ0v) is 31.9. The average Bonchev–Trinajstić information content (AvgIpc) is 3.11. The summed E-state index contributed by atoms with van der Waals surface area (Å²) in [5.41, 5.74) is 0. The molecular formula is C41H77NO8. The Bertz CT molecular complexity index is 837. The second-order valence-corrected chi connectivity index (χ2v) is 14.4. The van der Waals surface area contributed by atoms with E-state index in [1.807, 2.05) is 6.08 Å². The molecule has 0 aromatic carbocycles. The molecule has 9 nitrogen and oxygen atoms in total. The first-order chi connectivity index (χ1) is 24.3. The smallest absolute Gasteiger partial charge is 0.220 e. The number of hydrogen-bond donors (Lipinski definition) is 6. The first kappa shape index (κ1) is 46.7. The van der Waals surface area contributed by atoms with Gasteiger partial charge >= 0.3 is 0 Å². The Morgan fingerprint density at radius 1 is 0.660 bits per heavy atom. The molecule has 0 aromatic rings. The van der Waals surface area contributed by atoms with Gasteiger partial charge in [0.05, 0.1) is 25.4 Å². The lowest BCUT2D eigenvalue weighted by atomic mass is 9.99. The van der Waals surface area contributed by atoms with E-state index in [1.165, 1.54) is 116 Å². The minimum atomic E-state index is -1.57. The molecule has 1 amide bonds. The summed E-state index contributed by atoms with van der Waals surface area (Å²) in [6.07, 6.45) is 29.3. The minimum absolute atomic E-state index is 0.189. The van der Waals surface area contributed by atoms with Gasteiger partial charge in [-0.2, -0.15) is 0 Å². The lowest BCUT2D eigenvalue weighted by Gasteiger charge is -2.40. The molecule has 1 saturated heterocycles. The molecule has 6 N–H and O–H groups in total. The molecule has 0 bridgehead atoms. The quantitative estimate of drug-likeness (QED) is 0.0302. The first-order valence-electron chi connectivity index (χ1n) is 20.6. The molecule has 1 aliphatic rings. The maximum Gasteiger partial charge on any atom is 0.220 e. The van der Waals surface area contributed by atoms with Crippen molar-refractivity contribution in [3.05, 3.63) is 24.3 Å². The number of rotatable bonds is 33. The molecule has 7 atom stereocenters. The number of aliphatic hydroxyl groups is 5. The second kappa shape index (κ2) is 32.3. The van der Waals surface area contributed by atoms with Gasteiger partial charge in [-0.15, -0.1) is 0 Å². The number of carbonyl (C=O) groups is 1. The van der Waals surface area contributed by atoms with Gasteiger partial charge in [0.1, 0.15) is 24.4 Å². The number of carbonyl (C=O) groups excluding carboxylic acids is 1. The molecule has 50 heavy (non-hydrogen) atoms. The maximum atomic E-state index is 12.9. The van der Waals surface area contributed by atoms with E-state index in [0.29, 0.717) is 6.42 Å². The van der Waals surface area contributed by atoms with Gasteiger partial charge in [-0.3, -0.25) is 4.79 Å². The van der Waals surface area contributed by atoms with E-state index in [4.69, 9.17) is 9.47 Å². The molecule has 0 saturated carbocycles. The van der Waals surface area contributed by atoms with Crippen LogP contribution in [0.25, 0.3) is 0 Å². The highest BCUT2D eigenvalue weighted by atomic mass is 16.7. The topological polar surface area (TPSA) is 149 Å². The summed E-state index contributed by atoms with van der Waals surface area (Å²) in [5, 5.41) is 53.9. The number of aliphatic hydroxyl groups excluding tert-OH is 5. The van der Waals surface area contributed by atoms with Gasteiger partial charge in [-0.1, -0.05) is 160 Å². The van der Waals surface area contributed by atoms with E-state index in [2.05, 4.69) is 31.3 Å². The Balaban J connectivity index is 2.45. The van der Waals surface area contributed by atoms with Gasteiger partial charge in [0, 0.05) is 6.42 Å². The van der Waals surface area contributed by atoms with Crippen LogP contribution in [0.1, 0.15) is 174 Å². The Hall–Kier alpha value is -1.33. The molecular weight excluding hydrogens is 634 g/mol.